The summed E-state index contributed by atoms with van der Waals surface area (Å²) in [6.45, 7) is 8.30. The minimum Gasteiger partial charge on any atom is -0.340 e. The lowest BCUT2D eigenvalue weighted by Gasteiger charge is -2.39. The number of hydrogen-bond donors (Lipinski definition) is 0. The van der Waals surface area contributed by atoms with Crippen molar-refractivity contribution in [2.75, 3.05) is 45.8 Å². The van der Waals surface area contributed by atoms with Gasteiger partial charge in [-0.3, -0.25) is 9.69 Å². The first-order chi connectivity index (χ1) is 9.76. The molecule has 122 valence electrons. The van der Waals surface area contributed by atoms with E-state index >= 15 is 0 Å². The van der Waals surface area contributed by atoms with E-state index in [4.69, 9.17) is 0 Å². The smallest absolute Gasteiger partial charge is 0.340 e. The topological polar surface area (TPSA) is 26.8 Å². The molecule has 0 aromatic rings. The van der Waals surface area contributed by atoms with Crippen LogP contribution in [0.3, 0.4) is 0 Å². The van der Waals surface area contributed by atoms with Crippen molar-refractivity contribution in [1.29, 1.82) is 0 Å². The third kappa shape index (κ3) is 4.57. The van der Waals surface area contributed by atoms with E-state index in [1.165, 1.54) is 0 Å². The molecule has 21 heavy (non-hydrogen) atoms. The van der Waals surface area contributed by atoms with Gasteiger partial charge >= 0.3 is 6.18 Å². The third-order valence-corrected chi connectivity index (χ3v) is 4.59. The van der Waals surface area contributed by atoms with Gasteiger partial charge in [0.25, 0.3) is 0 Å². The average Bonchev–Trinajstić information content (AvgIpc) is 2.77. The Bertz CT molecular complexity index is 367. The Morgan fingerprint density at radius 2 is 1.76 bits per heavy atom. The SMILES string of the molecule is CC(=O)N1CCN([C@H]2CN(CCC(F)(F)F)C[C@H]2C)CC1. The molecule has 2 atom stereocenters. The average molecular weight is 307 g/mol. The number of nitrogens with zero attached hydrogens (tertiary/aromatic N) is 3. The van der Waals surface area contributed by atoms with Gasteiger partial charge in [0.1, 0.15) is 0 Å². The van der Waals surface area contributed by atoms with Crippen molar-refractivity contribution < 1.29 is 18.0 Å². The Kier molecular flexibility index (Phi) is 5.14. The quantitative estimate of drug-likeness (QED) is 0.789. The number of alkyl halides is 3. The third-order valence-electron chi connectivity index (χ3n) is 4.59. The van der Waals surface area contributed by atoms with Gasteiger partial charge in [0.2, 0.25) is 5.91 Å². The van der Waals surface area contributed by atoms with Gasteiger partial charge in [0, 0.05) is 58.8 Å². The summed E-state index contributed by atoms with van der Waals surface area (Å²) >= 11 is 0. The van der Waals surface area contributed by atoms with E-state index in [2.05, 4.69) is 11.8 Å². The van der Waals surface area contributed by atoms with Crippen LogP contribution in [0.25, 0.3) is 0 Å². The molecule has 2 saturated heterocycles. The monoisotopic (exact) mass is 307 g/mol. The minimum atomic E-state index is -4.07. The van der Waals surface area contributed by atoms with Crippen LogP contribution in [0.4, 0.5) is 13.2 Å². The lowest BCUT2D eigenvalue weighted by atomic mass is 10.0. The molecule has 7 heteroatoms. The van der Waals surface area contributed by atoms with Gasteiger partial charge in [0.15, 0.2) is 0 Å². The molecule has 2 heterocycles. The van der Waals surface area contributed by atoms with E-state index in [-0.39, 0.29) is 12.5 Å². The Morgan fingerprint density at radius 1 is 1.14 bits per heavy atom. The Morgan fingerprint density at radius 3 is 2.29 bits per heavy atom. The van der Waals surface area contributed by atoms with Crippen molar-refractivity contribution in [3.8, 4) is 0 Å². The fourth-order valence-corrected chi connectivity index (χ4v) is 3.36. The Hall–Kier alpha value is -0.820. The first kappa shape index (κ1) is 16.5. The molecule has 0 bridgehead atoms. The van der Waals surface area contributed by atoms with Gasteiger partial charge in [0.05, 0.1) is 6.42 Å². The molecule has 1 amide bonds. The minimum absolute atomic E-state index is 0.0950. The van der Waals surface area contributed by atoms with Crippen LogP contribution in [0.15, 0.2) is 0 Å². The molecular weight excluding hydrogens is 283 g/mol. The summed E-state index contributed by atoms with van der Waals surface area (Å²) in [5, 5.41) is 0. The maximum atomic E-state index is 12.3. The van der Waals surface area contributed by atoms with E-state index < -0.39 is 12.6 Å². The van der Waals surface area contributed by atoms with Gasteiger partial charge in [-0.05, 0) is 5.92 Å². The van der Waals surface area contributed by atoms with Crippen molar-refractivity contribution in [2.45, 2.75) is 32.5 Å². The number of carbonyl (C=O) groups excluding carboxylic acids is 1. The van der Waals surface area contributed by atoms with E-state index in [1.54, 1.807) is 6.92 Å². The van der Waals surface area contributed by atoms with Crippen molar-refractivity contribution in [3.63, 3.8) is 0 Å². The molecule has 0 aromatic heterocycles. The number of piperazine rings is 1. The van der Waals surface area contributed by atoms with E-state index in [0.717, 1.165) is 32.7 Å². The van der Waals surface area contributed by atoms with Crippen LogP contribution >= 0.6 is 0 Å². The molecule has 2 rings (SSSR count). The lowest BCUT2D eigenvalue weighted by Crippen LogP contribution is -2.53. The first-order valence-electron chi connectivity index (χ1n) is 7.55. The highest BCUT2D eigenvalue weighted by Crippen LogP contribution is 2.26. The second-order valence-corrected chi connectivity index (χ2v) is 6.21. The van der Waals surface area contributed by atoms with Crippen LogP contribution in [0.2, 0.25) is 0 Å². The molecule has 2 fully saturated rings. The van der Waals surface area contributed by atoms with Crippen molar-refractivity contribution in [1.82, 2.24) is 14.7 Å². The van der Waals surface area contributed by atoms with Gasteiger partial charge in [-0.15, -0.1) is 0 Å². The first-order valence-corrected chi connectivity index (χ1v) is 7.55. The lowest BCUT2D eigenvalue weighted by molar-refractivity contribution is -0.137. The predicted octanol–water partition coefficient (Wildman–Crippen LogP) is 1.42. The molecule has 0 aliphatic carbocycles. The fourth-order valence-electron chi connectivity index (χ4n) is 3.36. The zero-order valence-electron chi connectivity index (χ0n) is 12.7. The van der Waals surface area contributed by atoms with Crippen molar-refractivity contribution >= 4 is 5.91 Å². The van der Waals surface area contributed by atoms with Crippen LogP contribution in [-0.4, -0.2) is 78.6 Å². The fraction of sp³-hybridized carbons (Fsp3) is 0.929. The standard InChI is InChI=1S/C14H24F3N3O/c1-11-9-18(4-3-14(15,16)17)10-13(11)20-7-5-19(6-8-20)12(2)21/h11,13H,3-10H2,1-2H3/t11-,13+/m1/s1. The summed E-state index contributed by atoms with van der Waals surface area (Å²) < 4.78 is 36.9. The number of amides is 1. The largest absolute Gasteiger partial charge is 0.390 e. The van der Waals surface area contributed by atoms with Crippen molar-refractivity contribution in [3.05, 3.63) is 0 Å². The highest BCUT2D eigenvalue weighted by atomic mass is 19.4. The maximum absolute atomic E-state index is 12.3. The predicted molar refractivity (Wildman–Crippen MR) is 73.9 cm³/mol. The maximum Gasteiger partial charge on any atom is 0.390 e. The Labute approximate surface area is 123 Å². The molecule has 0 aromatic carbocycles. The van der Waals surface area contributed by atoms with Gasteiger partial charge < -0.3 is 9.80 Å². The molecule has 0 unspecified atom stereocenters. The van der Waals surface area contributed by atoms with Gasteiger partial charge in [-0.1, -0.05) is 6.92 Å². The second kappa shape index (κ2) is 6.52. The normalized spacial score (nSPS) is 29.1. The number of carbonyl (C=O) groups is 1. The number of halogens is 3. The van der Waals surface area contributed by atoms with Gasteiger partial charge in [-0.25, -0.2) is 0 Å². The number of hydrogen-bond acceptors (Lipinski definition) is 3. The highest BCUT2D eigenvalue weighted by molar-refractivity contribution is 5.73. The summed E-state index contributed by atoms with van der Waals surface area (Å²) in [5.74, 6) is 0.475. The highest BCUT2D eigenvalue weighted by Gasteiger charge is 2.37. The summed E-state index contributed by atoms with van der Waals surface area (Å²) in [7, 11) is 0. The molecule has 0 spiro atoms. The van der Waals surface area contributed by atoms with E-state index in [9.17, 15) is 18.0 Å². The van der Waals surface area contributed by atoms with Crippen LogP contribution in [0.5, 0.6) is 0 Å². The molecule has 4 nitrogen and oxygen atoms in total. The van der Waals surface area contributed by atoms with Crippen LogP contribution in [0, 0.1) is 5.92 Å². The zero-order valence-corrected chi connectivity index (χ0v) is 12.7. The summed E-state index contributed by atoms with van der Waals surface area (Å²) in [4.78, 5) is 17.4. The summed E-state index contributed by atoms with van der Waals surface area (Å²) in [5.41, 5.74) is 0. The number of rotatable bonds is 3. The van der Waals surface area contributed by atoms with Crippen LogP contribution < -0.4 is 0 Å². The van der Waals surface area contributed by atoms with Gasteiger partial charge in [-0.2, -0.15) is 13.2 Å². The van der Waals surface area contributed by atoms with Crippen LogP contribution in [0.1, 0.15) is 20.3 Å². The molecule has 2 aliphatic rings. The summed E-state index contributed by atoms with van der Waals surface area (Å²) in [6.07, 6.45) is -4.81. The summed E-state index contributed by atoms with van der Waals surface area (Å²) in [6, 6.07) is 0.312. The van der Waals surface area contributed by atoms with Crippen LogP contribution in [-0.2, 0) is 4.79 Å². The molecule has 0 radical (unpaired) electrons. The molecule has 0 saturated carbocycles. The van der Waals surface area contributed by atoms with E-state index in [1.807, 2.05) is 9.80 Å². The van der Waals surface area contributed by atoms with Crippen molar-refractivity contribution in [2.24, 2.45) is 5.92 Å². The molecule has 0 N–H and O–H groups in total. The Balaban J connectivity index is 1.81. The molecule has 2 aliphatic heterocycles. The van der Waals surface area contributed by atoms with E-state index in [0.29, 0.717) is 18.5 Å². The molecular formula is C14H24F3N3O. The second-order valence-electron chi connectivity index (χ2n) is 6.21. The zero-order chi connectivity index (χ0) is 15.6. The number of likely N-dealkylation sites (tertiary alicyclic amines) is 1.